The molecule has 1 heterocycles. The second-order valence-electron chi connectivity index (χ2n) is 3.94. The highest BCUT2D eigenvalue weighted by atomic mass is 16.5. The Morgan fingerprint density at radius 2 is 1.92 bits per heavy atom. The number of aliphatic hydroxyl groups is 3. The molecule has 0 radical (unpaired) electrons. The lowest BCUT2D eigenvalue weighted by Crippen LogP contribution is -2.50. The van der Waals surface area contributed by atoms with Gasteiger partial charge in [0.1, 0.15) is 6.10 Å². The zero-order valence-corrected chi connectivity index (χ0v) is 8.05. The minimum Gasteiger partial charge on any atom is -0.394 e. The van der Waals surface area contributed by atoms with Gasteiger partial charge in [0.05, 0.1) is 24.9 Å². The van der Waals surface area contributed by atoms with Crippen LogP contribution in [0.5, 0.6) is 0 Å². The second-order valence-corrected chi connectivity index (χ2v) is 3.94. The molecule has 0 amide bonds. The molecule has 1 rings (SSSR count). The molecule has 0 saturated carbocycles. The summed E-state index contributed by atoms with van der Waals surface area (Å²) in [5, 5.41) is 27.8. The predicted octanol–water partition coefficient (Wildman–Crippen LogP) is -0.486. The SMILES string of the molecule is CC(C)[C@@H]1OC(CO)[C@@H](O)C[C@@H]1O. The van der Waals surface area contributed by atoms with Gasteiger partial charge in [0.15, 0.2) is 0 Å². The predicted molar refractivity (Wildman–Crippen MR) is 47.2 cm³/mol. The third kappa shape index (κ3) is 2.40. The summed E-state index contributed by atoms with van der Waals surface area (Å²) in [7, 11) is 0. The molecule has 4 atom stereocenters. The molecule has 1 fully saturated rings. The van der Waals surface area contributed by atoms with E-state index >= 15 is 0 Å². The van der Waals surface area contributed by atoms with Gasteiger partial charge in [-0.25, -0.2) is 0 Å². The van der Waals surface area contributed by atoms with Crippen molar-refractivity contribution in [3.8, 4) is 0 Å². The first kappa shape index (κ1) is 10.9. The van der Waals surface area contributed by atoms with E-state index < -0.39 is 18.3 Å². The fourth-order valence-corrected chi connectivity index (χ4v) is 1.68. The van der Waals surface area contributed by atoms with Gasteiger partial charge in [-0.3, -0.25) is 0 Å². The van der Waals surface area contributed by atoms with Crippen LogP contribution in [0.25, 0.3) is 0 Å². The summed E-state index contributed by atoms with van der Waals surface area (Å²) in [5.74, 6) is 0.191. The van der Waals surface area contributed by atoms with Gasteiger partial charge in [0, 0.05) is 6.42 Å². The van der Waals surface area contributed by atoms with Crippen LogP contribution in [-0.2, 0) is 4.74 Å². The standard InChI is InChI=1S/C9H18O4/c1-5(2)9-7(12)3-6(11)8(4-10)13-9/h5-12H,3-4H2,1-2H3/t6-,7-,8?,9-/m0/s1. The number of hydrogen-bond donors (Lipinski definition) is 3. The average Bonchev–Trinajstić information content (AvgIpc) is 2.03. The third-order valence-electron chi connectivity index (χ3n) is 2.46. The van der Waals surface area contributed by atoms with Crippen molar-refractivity contribution >= 4 is 0 Å². The highest BCUT2D eigenvalue weighted by molar-refractivity contribution is 4.85. The molecule has 0 spiro atoms. The molecule has 0 aromatic rings. The van der Waals surface area contributed by atoms with Crippen molar-refractivity contribution in [2.24, 2.45) is 5.92 Å². The van der Waals surface area contributed by atoms with Crippen molar-refractivity contribution in [1.29, 1.82) is 0 Å². The van der Waals surface area contributed by atoms with Crippen molar-refractivity contribution < 1.29 is 20.1 Å². The number of ether oxygens (including phenoxy) is 1. The maximum atomic E-state index is 9.56. The Kier molecular flexibility index (Phi) is 3.67. The summed E-state index contributed by atoms with van der Waals surface area (Å²) in [6.07, 6.45) is -1.92. The lowest BCUT2D eigenvalue weighted by molar-refractivity contribution is -0.191. The van der Waals surface area contributed by atoms with Crippen LogP contribution < -0.4 is 0 Å². The summed E-state index contributed by atoms with van der Waals surface area (Å²) in [6, 6.07) is 0. The minimum atomic E-state index is -0.755. The van der Waals surface area contributed by atoms with E-state index in [1.165, 1.54) is 0 Å². The Bertz CT molecular complexity index is 160. The molecule has 1 aliphatic heterocycles. The Morgan fingerprint density at radius 3 is 2.38 bits per heavy atom. The van der Waals surface area contributed by atoms with Crippen LogP contribution in [0, 0.1) is 5.92 Å². The van der Waals surface area contributed by atoms with Gasteiger partial charge >= 0.3 is 0 Å². The molecule has 4 heteroatoms. The van der Waals surface area contributed by atoms with E-state index in [1.807, 2.05) is 13.8 Å². The van der Waals surface area contributed by atoms with E-state index in [9.17, 15) is 10.2 Å². The van der Waals surface area contributed by atoms with Crippen LogP contribution in [0.4, 0.5) is 0 Å². The van der Waals surface area contributed by atoms with Crippen molar-refractivity contribution in [2.75, 3.05) is 6.61 Å². The fourth-order valence-electron chi connectivity index (χ4n) is 1.68. The van der Waals surface area contributed by atoms with Crippen molar-refractivity contribution in [2.45, 2.75) is 44.7 Å². The summed E-state index contributed by atoms with van der Waals surface area (Å²) >= 11 is 0. The third-order valence-corrected chi connectivity index (χ3v) is 2.46. The molecular formula is C9H18O4. The largest absolute Gasteiger partial charge is 0.394 e. The van der Waals surface area contributed by atoms with E-state index in [2.05, 4.69) is 0 Å². The van der Waals surface area contributed by atoms with Crippen molar-refractivity contribution in [3.63, 3.8) is 0 Å². The lowest BCUT2D eigenvalue weighted by atomic mass is 9.92. The zero-order chi connectivity index (χ0) is 10.0. The highest BCUT2D eigenvalue weighted by Crippen LogP contribution is 2.24. The molecule has 3 N–H and O–H groups in total. The Morgan fingerprint density at radius 1 is 1.31 bits per heavy atom. The molecule has 4 nitrogen and oxygen atoms in total. The first-order valence-electron chi connectivity index (χ1n) is 4.68. The quantitative estimate of drug-likeness (QED) is 0.550. The first-order valence-corrected chi connectivity index (χ1v) is 4.68. The van der Waals surface area contributed by atoms with E-state index in [4.69, 9.17) is 9.84 Å². The molecule has 1 aliphatic rings. The second kappa shape index (κ2) is 4.37. The highest BCUT2D eigenvalue weighted by Gasteiger charge is 2.37. The number of aliphatic hydroxyl groups excluding tert-OH is 3. The normalized spacial score (nSPS) is 41.1. The maximum Gasteiger partial charge on any atom is 0.107 e. The molecule has 13 heavy (non-hydrogen) atoms. The molecular weight excluding hydrogens is 172 g/mol. The monoisotopic (exact) mass is 190 g/mol. The Hall–Kier alpha value is -0.160. The molecule has 0 bridgehead atoms. The van der Waals surface area contributed by atoms with Crippen LogP contribution in [0.15, 0.2) is 0 Å². The van der Waals surface area contributed by atoms with Gasteiger partial charge in [-0.1, -0.05) is 13.8 Å². The number of rotatable bonds is 2. The molecule has 0 aromatic carbocycles. The van der Waals surface area contributed by atoms with Crippen LogP contribution in [0.1, 0.15) is 20.3 Å². The zero-order valence-electron chi connectivity index (χ0n) is 8.05. The van der Waals surface area contributed by atoms with Crippen molar-refractivity contribution in [1.82, 2.24) is 0 Å². The molecule has 1 saturated heterocycles. The maximum absolute atomic E-state index is 9.56. The fraction of sp³-hybridized carbons (Fsp3) is 1.00. The lowest BCUT2D eigenvalue weighted by Gasteiger charge is -2.38. The Labute approximate surface area is 78.1 Å². The summed E-state index contributed by atoms with van der Waals surface area (Å²) in [4.78, 5) is 0. The first-order chi connectivity index (χ1) is 6.06. The summed E-state index contributed by atoms with van der Waals surface area (Å²) in [5.41, 5.74) is 0. The summed E-state index contributed by atoms with van der Waals surface area (Å²) < 4.78 is 5.37. The van der Waals surface area contributed by atoms with Gasteiger partial charge in [0.2, 0.25) is 0 Å². The molecule has 78 valence electrons. The van der Waals surface area contributed by atoms with Gasteiger partial charge < -0.3 is 20.1 Å². The van der Waals surface area contributed by atoms with Crippen LogP contribution in [0.2, 0.25) is 0 Å². The number of hydrogen-bond acceptors (Lipinski definition) is 4. The smallest absolute Gasteiger partial charge is 0.107 e. The topological polar surface area (TPSA) is 69.9 Å². The van der Waals surface area contributed by atoms with Gasteiger partial charge in [-0.2, -0.15) is 0 Å². The van der Waals surface area contributed by atoms with Crippen LogP contribution in [0.3, 0.4) is 0 Å². The van der Waals surface area contributed by atoms with Crippen molar-refractivity contribution in [3.05, 3.63) is 0 Å². The van der Waals surface area contributed by atoms with E-state index in [0.717, 1.165) is 0 Å². The molecule has 0 aliphatic carbocycles. The average molecular weight is 190 g/mol. The molecule has 0 aromatic heterocycles. The van der Waals surface area contributed by atoms with Crippen LogP contribution >= 0.6 is 0 Å². The van der Waals surface area contributed by atoms with E-state index in [0.29, 0.717) is 0 Å². The van der Waals surface area contributed by atoms with Crippen LogP contribution in [-0.4, -0.2) is 46.3 Å². The van der Waals surface area contributed by atoms with Gasteiger partial charge in [-0.05, 0) is 5.92 Å². The van der Waals surface area contributed by atoms with E-state index in [-0.39, 0.29) is 25.0 Å². The van der Waals surface area contributed by atoms with E-state index in [1.54, 1.807) is 0 Å². The Balaban J connectivity index is 2.58. The molecule has 1 unspecified atom stereocenters. The summed E-state index contributed by atoms with van der Waals surface area (Å²) in [6.45, 7) is 3.69. The van der Waals surface area contributed by atoms with Gasteiger partial charge in [-0.15, -0.1) is 0 Å². The minimum absolute atomic E-state index is 0.191. The van der Waals surface area contributed by atoms with Gasteiger partial charge in [0.25, 0.3) is 0 Å².